The lowest BCUT2D eigenvalue weighted by molar-refractivity contribution is -0.114. The van der Waals surface area contributed by atoms with E-state index in [0.717, 1.165) is 24.2 Å². The van der Waals surface area contributed by atoms with Crippen LogP contribution in [-0.2, 0) is 4.79 Å². The average Bonchev–Trinajstić information content (AvgIpc) is 2.73. The van der Waals surface area contributed by atoms with Crippen LogP contribution in [0.2, 0.25) is 0 Å². The van der Waals surface area contributed by atoms with Crippen LogP contribution in [0.4, 0.5) is 11.4 Å². The lowest BCUT2D eigenvalue weighted by Crippen LogP contribution is -2.21. The monoisotopic (exact) mass is 404 g/mol. The Morgan fingerprint density at radius 3 is 2.37 bits per heavy atom. The van der Waals surface area contributed by atoms with Crippen LogP contribution in [0.3, 0.4) is 0 Å². The molecule has 2 aromatic carbocycles. The van der Waals surface area contributed by atoms with Crippen molar-refractivity contribution in [2.45, 2.75) is 20.8 Å². The van der Waals surface area contributed by atoms with Gasteiger partial charge in [0.05, 0.1) is 5.56 Å². The average molecular weight is 404 g/mol. The number of ketones is 1. The maximum absolute atomic E-state index is 12.4. The molecule has 154 valence electrons. The summed E-state index contributed by atoms with van der Waals surface area (Å²) in [4.78, 5) is 38.0. The molecule has 0 radical (unpaired) electrons. The number of nitrogens with zero attached hydrogens (tertiary/aromatic N) is 1. The molecule has 1 aromatic heterocycles. The molecule has 0 bridgehead atoms. The third kappa shape index (κ3) is 4.84. The van der Waals surface area contributed by atoms with Gasteiger partial charge in [0.2, 0.25) is 5.91 Å². The highest BCUT2D eigenvalue weighted by Crippen LogP contribution is 2.22. The third-order valence-corrected chi connectivity index (χ3v) is 4.78. The second-order valence-corrected chi connectivity index (χ2v) is 6.84. The molecule has 0 spiro atoms. The number of amides is 1. The Balaban J connectivity index is 1.82. The summed E-state index contributed by atoms with van der Waals surface area (Å²) < 4.78 is 5.48. The first-order valence-electron chi connectivity index (χ1n) is 9.84. The summed E-state index contributed by atoms with van der Waals surface area (Å²) in [6.07, 6.45) is 2.81. The maximum Gasteiger partial charge on any atom is 0.343 e. The first-order chi connectivity index (χ1) is 14.4. The van der Waals surface area contributed by atoms with Gasteiger partial charge in [-0.15, -0.1) is 0 Å². The van der Waals surface area contributed by atoms with E-state index in [1.54, 1.807) is 30.3 Å². The number of rotatable bonds is 7. The molecule has 3 rings (SSSR count). The Labute approximate surface area is 174 Å². The smallest absolute Gasteiger partial charge is 0.343 e. The normalized spacial score (nSPS) is 11.0. The number of benzene rings is 2. The van der Waals surface area contributed by atoms with Crippen LogP contribution in [0.15, 0.2) is 63.8 Å². The summed E-state index contributed by atoms with van der Waals surface area (Å²) in [6.45, 7) is 7.29. The zero-order chi connectivity index (χ0) is 21.7. The van der Waals surface area contributed by atoms with E-state index in [2.05, 4.69) is 24.1 Å². The number of hydrogen-bond donors (Lipinski definition) is 1. The minimum absolute atomic E-state index is 0.179. The highest BCUT2D eigenvalue weighted by molar-refractivity contribution is 6.07. The van der Waals surface area contributed by atoms with E-state index in [4.69, 9.17) is 4.42 Å². The molecule has 6 nitrogen and oxygen atoms in total. The van der Waals surface area contributed by atoms with Gasteiger partial charge in [0, 0.05) is 48.4 Å². The van der Waals surface area contributed by atoms with Gasteiger partial charge in [0.1, 0.15) is 5.58 Å². The van der Waals surface area contributed by atoms with Gasteiger partial charge in [-0.25, -0.2) is 4.79 Å². The summed E-state index contributed by atoms with van der Waals surface area (Å²) in [5, 5.41) is 3.44. The van der Waals surface area contributed by atoms with E-state index in [1.165, 1.54) is 19.1 Å². The Morgan fingerprint density at radius 1 is 1.03 bits per heavy atom. The second kappa shape index (κ2) is 9.22. The Bertz CT molecular complexity index is 1160. The SMILES string of the molecule is CCN(CC)c1ccc2cc(/C=C/C(=O)c3ccc(NC(C)=O)cc3)c(=O)oc2c1. The molecular formula is C24H24N2O4. The summed E-state index contributed by atoms with van der Waals surface area (Å²) >= 11 is 0. The number of anilines is 2. The van der Waals surface area contributed by atoms with Crippen LogP contribution >= 0.6 is 0 Å². The van der Waals surface area contributed by atoms with Gasteiger partial charge in [0.25, 0.3) is 0 Å². The molecule has 0 saturated heterocycles. The van der Waals surface area contributed by atoms with Crippen molar-refractivity contribution in [2.75, 3.05) is 23.3 Å². The summed E-state index contributed by atoms with van der Waals surface area (Å²) in [6, 6.07) is 14.0. The topological polar surface area (TPSA) is 79.6 Å². The molecule has 0 aliphatic heterocycles. The van der Waals surface area contributed by atoms with Crippen molar-refractivity contribution >= 4 is 40.1 Å². The molecule has 0 aliphatic carbocycles. The van der Waals surface area contributed by atoms with Crippen molar-refractivity contribution in [3.63, 3.8) is 0 Å². The number of carbonyl (C=O) groups excluding carboxylic acids is 2. The van der Waals surface area contributed by atoms with Crippen LogP contribution in [0.1, 0.15) is 36.7 Å². The van der Waals surface area contributed by atoms with E-state index in [0.29, 0.717) is 22.4 Å². The summed E-state index contributed by atoms with van der Waals surface area (Å²) in [7, 11) is 0. The summed E-state index contributed by atoms with van der Waals surface area (Å²) in [5.41, 5.74) is 2.39. The fourth-order valence-electron chi connectivity index (χ4n) is 3.20. The van der Waals surface area contributed by atoms with Crippen molar-refractivity contribution in [1.82, 2.24) is 0 Å². The zero-order valence-electron chi connectivity index (χ0n) is 17.3. The van der Waals surface area contributed by atoms with Gasteiger partial charge in [0.15, 0.2) is 5.78 Å². The molecule has 0 aliphatic rings. The van der Waals surface area contributed by atoms with Gasteiger partial charge in [-0.2, -0.15) is 0 Å². The Morgan fingerprint density at radius 2 is 1.73 bits per heavy atom. The predicted molar refractivity (Wildman–Crippen MR) is 120 cm³/mol. The molecule has 0 unspecified atom stereocenters. The van der Waals surface area contributed by atoms with E-state index in [9.17, 15) is 14.4 Å². The molecular weight excluding hydrogens is 380 g/mol. The molecule has 6 heteroatoms. The molecule has 1 N–H and O–H groups in total. The van der Waals surface area contributed by atoms with Crippen LogP contribution in [0.25, 0.3) is 17.0 Å². The molecule has 1 heterocycles. The number of hydrogen-bond acceptors (Lipinski definition) is 5. The van der Waals surface area contributed by atoms with Crippen molar-refractivity contribution in [1.29, 1.82) is 0 Å². The standard InChI is InChI=1S/C24H24N2O4/c1-4-26(5-2)21-12-8-18-14-19(24(29)30-23(18)15-21)9-13-22(28)17-6-10-20(11-7-17)25-16(3)27/h6-15H,4-5H2,1-3H3,(H,25,27)/b13-9+. The lowest BCUT2D eigenvalue weighted by atomic mass is 10.1. The molecule has 1 amide bonds. The maximum atomic E-state index is 12.4. The molecule has 0 fully saturated rings. The predicted octanol–water partition coefficient (Wildman–Crippen LogP) is 4.49. The molecule has 3 aromatic rings. The molecule has 30 heavy (non-hydrogen) atoms. The highest BCUT2D eigenvalue weighted by Gasteiger charge is 2.08. The van der Waals surface area contributed by atoms with E-state index < -0.39 is 5.63 Å². The summed E-state index contributed by atoms with van der Waals surface area (Å²) in [5.74, 6) is -0.429. The van der Waals surface area contributed by atoms with Gasteiger partial charge in [-0.05, 0) is 68.5 Å². The van der Waals surface area contributed by atoms with Crippen molar-refractivity contribution < 1.29 is 14.0 Å². The quantitative estimate of drug-likeness (QED) is 0.356. The fourth-order valence-corrected chi connectivity index (χ4v) is 3.20. The van der Waals surface area contributed by atoms with E-state index >= 15 is 0 Å². The van der Waals surface area contributed by atoms with Crippen molar-refractivity contribution in [3.05, 3.63) is 76.2 Å². The van der Waals surface area contributed by atoms with Crippen molar-refractivity contribution in [3.8, 4) is 0 Å². The van der Waals surface area contributed by atoms with E-state index in [-0.39, 0.29) is 11.7 Å². The van der Waals surface area contributed by atoms with Gasteiger partial charge in [-0.1, -0.05) is 0 Å². The van der Waals surface area contributed by atoms with Gasteiger partial charge >= 0.3 is 5.63 Å². The van der Waals surface area contributed by atoms with E-state index in [1.807, 2.05) is 18.2 Å². The minimum Gasteiger partial charge on any atom is -0.422 e. The van der Waals surface area contributed by atoms with Crippen LogP contribution in [-0.4, -0.2) is 24.8 Å². The molecule has 0 saturated carbocycles. The number of carbonyl (C=O) groups is 2. The van der Waals surface area contributed by atoms with Crippen molar-refractivity contribution in [2.24, 2.45) is 0 Å². The van der Waals surface area contributed by atoms with Crippen LogP contribution in [0, 0.1) is 0 Å². The number of allylic oxidation sites excluding steroid dienone is 1. The molecule has 0 atom stereocenters. The number of fused-ring (bicyclic) bond motifs is 1. The lowest BCUT2D eigenvalue weighted by Gasteiger charge is -2.20. The first kappa shape index (κ1) is 21.0. The Kier molecular flexibility index (Phi) is 6.47. The van der Waals surface area contributed by atoms with Gasteiger partial charge < -0.3 is 14.6 Å². The largest absolute Gasteiger partial charge is 0.422 e. The van der Waals surface area contributed by atoms with Crippen LogP contribution in [0.5, 0.6) is 0 Å². The van der Waals surface area contributed by atoms with Gasteiger partial charge in [-0.3, -0.25) is 9.59 Å². The highest BCUT2D eigenvalue weighted by atomic mass is 16.4. The minimum atomic E-state index is -0.496. The fraction of sp³-hybridized carbons (Fsp3) is 0.208. The second-order valence-electron chi connectivity index (χ2n) is 6.84. The third-order valence-electron chi connectivity index (χ3n) is 4.78. The van der Waals surface area contributed by atoms with Crippen LogP contribution < -0.4 is 15.8 Å². The number of nitrogens with one attached hydrogen (secondary N) is 1. The zero-order valence-corrected chi connectivity index (χ0v) is 17.3. The first-order valence-corrected chi connectivity index (χ1v) is 9.84. The Hall–Kier alpha value is -3.67.